The normalized spacial score (nSPS) is 40.6. The predicted molar refractivity (Wildman–Crippen MR) is 65.8 cm³/mol. The lowest BCUT2D eigenvalue weighted by Crippen LogP contribution is -2.56. The van der Waals surface area contributed by atoms with Crippen LogP contribution in [0.4, 0.5) is 0 Å². The molecule has 0 aromatic heterocycles. The lowest BCUT2D eigenvalue weighted by Gasteiger charge is -2.44. The van der Waals surface area contributed by atoms with Crippen LogP contribution in [0.15, 0.2) is 0 Å². The van der Waals surface area contributed by atoms with E-state index in [0.717, 1.165) is 18.0 Å². The molecule has 0 radical (unpaired) electrons. The predicted octanol–water partition coefficient (Wildman–Crippen LogP) is 3.58. The Hall–Kier alpha value is -0.0400. The van der Waals surface area contributed by atoms with Crippen molar-refractivity contribution < 1.29 is 4.48 Å². The van der Waals surface area contributed by atoms with E-state index in [2.05, 4.69) is 21.0 Å². The summed E-state index contributed by atoms with van der Waals surface area (Å²) in [7, 11) is 5.02. The zero-order chi connectivity index (χ0) is 10.9. The molecule has 2 saturated heterocycles. The van der Waals surface area contributed by atoms with E-state index < -0.39 is 0 Å². The first-order valence-electron chi connectivity index (χ1n) is 6.99. The highest BCUT2D eigenvalue weighted by molar-refractivity contribution is 4.79. The van der Waals surface area contributed by atoms with Crippen molar-refractivity contribution in [1.82, 2.24) is 0 Å². The number of nitrogens with zero attached hydrogens (tertiary/aromatic N) is 1. The van der Waals surface area contributed by atoms with Crippen LogP contribution in [0.3, 0.4) is 0 Å². The first-order valence-corrected chi connectivity index (χ1v) is 6.99. The molecule has 0 saturated carbocycles. The van der Waals surface area contributed by atoms with Crippen LogP contribution in [-0.4, -0.2) is 30.7 Å². The van der Waals surface area contributed by atoms with Gasteiger partial charge >= 0.3 is 0 Å². The van der Waals surface area contributed by atoms with Crippen LogP contribution >= 0.6 is 0 Å². The maximum absolute atomic E-state index is 2.51. The molecule has 2 bridgehead atoms. The highest BCUT2D eigenvalue weighted by Gasteiger charge is 2.43. The van der Waals surface area contributed by atoms with Gasteiger partial charge in [-0.2, -0.15) is 0 Å². The minimum Gasteiger partial charge on any atom is -0.323 e. The monoisotopic (exact) mass is 210 g/mol. The summed E-state index contributed by atoms with van der Waals surface area (Å²) in [4.78, 5) is 0. The van der Waals surface area contributed by atoms with Gasteiger partial charge in [-0.15, -0.1) is 0 Å². The Kier molecular flexibility index (Phi) is 3.39. The molecule has 0 unspecified atom stereocenters. The number of fused-ring (bicyclic) bond motifs is 2. The second kappa shape index (κ2) is 4.45. The Labute approximate surface area is 95.4 Å². The van der Waals surface area contributed by atoms with Crippen molar-refractivity contribution in [3.8, 4) is 0 Å². The van der Waals surface area contributed by atoms with Gasteiger partial charge in [0.05, 0.1) is 26.2 Å². The van der Waals surface area contributed by atoms with Crippen molar-refractivity contribution in [2.24, 2.45) is 5.92 Å². The first kappa shape index (κ1) is 11.4. The van der Waals surface area contributed by atoms with Crippen LogP contribution < -0.4 is 0 Å². The molecule has 0 aromatic rings. The van der Waals surface area contributed by atoms with Gasteiger partial charge in [0.2, 0.25) is 0 Å². The summed E-state index contributed by atoms with van der Waals surface area (Å²) >= 11 is 0. The van der Waals surface area contributed by atoms with Crippen LogP contribution in [0.5, 0.6) is 0 Å². The van der Waals surface area contributed by atoms with Crippen LogP contribution in [0.25, 0.3) is 0 Å². The van der Waals surface area contributed by atoms with Gasteiger partial charge < -0.3 is 4.48 Å². The van der Waals surface area contributed by atoms with Gasteiger partial charge in [0, 0.05) is 5.92 Å². The highest BCUT2D eigenvalue weighted by Crippen LogP contribution is 2.39. The van der Waals surface area contributed by atoms with E-state index in [9.17, 15) is 0 Å². The van der Waals surface area contributed by atoms with E-state index in [0.29, 0.717) is 0 Å². The molecule has 3 atom stereocenters. The summed E-state index contributed by atoms with van der Waals surface area (Å²) in [6, 6.07) is 1.93. The van der Waals surface area contributed by atoms with E-state index in [1.54, 1.807) is 0 Å². The van der Waals surface area contributed by atoms with Crippen molar-refractivity contribution in [2.45, 2.75) is 70.4 Å². The molecule has 15 heavy (non-hydrogen) atoms. The fourth-order valence-corrected chi connectivity index (χ4v) is 4.21. The average molecular weight is 210 g/mol. The van der Waals surface area contributed by atoms with Gasteiger partial charge in [0.25, 0.3) is 0 Å². The minimum absolute atomic E-state index is 0.963. The molecule has 0 aromatic carbocycles. The highest BCUT2D eigenvalue weighted by atomic mass is 15.4. The zero-order valence-electron chi connectivity index (χ0n) is 10.8. The van der Waals surface area contributed by atoms with Crippen LogP contribution in [0.2, 0.25) is 0 Å². The van der Waals surface area contributed by atoms with Crippen LogP contribution in [-0.2, 0) is 0 Å². The molecule has 1 nitrogen and oxygen atoms in total. The van der Waals surface area contributed by atoms with E-state index in [1.807, 2.05) is 0 Å². The maximum Gasteiger partial charge on any atom is 0.0916 e. The fraction of sp³-hybridized carbons (Fsp3) is 1.00. The smallest absolute Gasteiger partial charge is 0.0916 e. The molecule has 2 fully saturated rings. The largest absolute Gasteiger partial charge is 0.323 e. The average Bonchev–Trinajstić information content (AvgIpc) is 2.43. The van der Waals surface area contributed by atoms with Crippen LogP contribution in [0, 0.1) is 5.92 Å². The summed E-state index contributed by atoms with van der Waals surface area (Å²) in [5.74, 6) is 1.00. The summed E-state index contributed by atoms with van der Waals surface area (Å²) < 4.78 is 1.33. The Morgan fingerprint density at radius 1 is 0.933 bits per heavy atom. The topological polar surface area (TPSA) is 0 Å². The molecular formula is C14H28N+. The SMILES string of the molecule is CC[C@H]1CCC[C@H]2CCCC[C@H]1[N+]2(C)C. The summed E-state index contributed by atoms with van der Waals surface area (Å²) in [5, 5.41) is 0. The molecule has 2 aliphatic rings. The van der Waals surface area contributed by atoms with Gasteiger partial charge in [-0.3, -0.25) is 0 Å². The van der Waals surface area contributed by atoms with Crippen molar-refractivity contribution in [1.29, 1.82) is 0 Å². The summed E-state index contributed by atoms with van der Waals surface area (Å²) in [6.45, 7) is 2.40. The van der Waals surface area contributed by atoms with Gasteiger partial charge in [-0.05, 0) is 51.4 Å². The Bertz CT molecular complexity index is 209. The molecular weight excluding hydrogens is 182 g/mol. The molecule has 0 aliphatic carbocycles. The van der Waals surface area contributed by atoms with E-state index in [4.69, 9.17) is 0 Å². The number of hydrogen-bond acceptors (Lipinski definition) is 0. The minimum atomic E-state index is 0.963. The van der Waals surface area contributed by atoms with Gasteiger partial charge in [-0.1, -0.05) is 6.92 Å². The van der Waals surface area contributed by atoms with E-state index in [-0.39, 0.29) is 0 Å². The third-order valence-electron chi connectivity index (χ3n) is 5.26. The molecule has 0 amide bonds. The second-order valence-corrected chi connectivity index (χ2v) is 6.23. The maximum atomic E-state index is 2.51. The zero-order valence-corrected chi connectivity index (χ0v) is 10.8. The fourth-order valence-electron chi connectivity index (χ4n) is 4.21. The second-order valence-electron chi connectivity index (χ2n) is 6.23. The van der Waals surface area contributed by atoms with Gasteiger partial charge in [0.15, 0.2) is 0 Å². The van der Waals surface area contributed by atoms with Crippen molar-refractivity contribution >= 4 is 0 Å². The molecule has 2 aliphatic heterocycles. The lowest BCUT2D eigenvalue weighted by molar-refractivity contribution is -0.940. The first-order chi connectivity index (χ1) is 7.16. The Morgan fingerprint density at radius 2 is 1.60 bits per heavy atom. The van der Waals surface area contributed by atoms with Crippen molar-refractivity contribution in [2.75, 3.05) is 14.1 Å². The quantitative estimate of drug-likeness (QED) is 0.580. The van der Waals surface area contributed by atoms with E-state index >= 15 is 0 Å². The van der Waals surface area contributed by atoms with Crippen molar-refractivity contribution in [3.63, 3.8) is 0 Å². The molecule has 0 spiro atoms. The van der Waals surface area contributed by atoms with Crippen LogP contribution in [0.1, 0.15) is 58.3 Å². The van der Waals surface area contributed by atoms with Gasteiger partial charge in [0.1, 0.15) is 0 Å². The lowest BCUT2D eigenvalue weighted by atomic mass is 9.88. The van der Waals surface area contributed by atoms with E-state index in [1.165, 1.54) is 55.8 Å². The Morgan fingerprint density at radius 3 is 2.33 bits per heavy atom. The molecule has 1 heteroatoms. The van der Waals surface area contributed by atoms with Gasteiger partial charge in [-0.25, -0.2) is 0 Å². The summed E-state index contributed by atoms with van der Waals surface area (Å²) in [5.41, 5.74) is 0. The summed E-state index contributed by atoms with van der Waals surface area (Å²) in [6.07, 6.45) is 11.8. The number of hydrogen-bond donors (Lipinski definition) is 0. The number of rotatable bonds is 1. The standard InChI is InChI=1S/C14H28N/c1-4-12-8-7-10-13-9-5-6-11-14(12)15(13,2)3/h12-14H,4-11H2,1-3H3/q+1/t12-,13+,14+/m0/s1. The number of quaternary nitrogens is 1. The molecule has 0 N–H and O–H groups in total. The molecule has 2 rings (SSSR count). The molecule has 88 valence electrons. The molecule has 2 heterocycles. The van der Waals surface area contributed by atoms with Crippen molar-refractivity contribution in [3.05, 3.63) is 0 Å². The third-order valence-corrected chi connectivity index (χ3v) is 5.26. The Balaban J connectivity index is 2.24. The third kappa shape index (κ3) is 2.08.